The van der Waals surface area contributed by atoms with Crippen LogP contribution in [0.25, 0.3) is 0 Å². The van der Waals surface area contributed by atoms with E-state index in [1.165, 1.54) is 29.8 Å². The van der Waals surface area contributed by atoms with Gasteiger partial charge in [0, 0.05) is 22.6 Å². The second kappa shape index (κ2) is 7.97. The number of nitro benzene ring substituents is 1. The Morgan fingerprint density at radius 1 is 1.12 bits per heavy atom. The fourth-order valence-electron chi connectivity index (χ4n) is 2.05. The lowest BCUT2D eigenvalue weighted by molar-refractivity contribution is -0.384. The largest absolute Gasteiger partial charge is 0.426 e. The molecule has 2 aromatic carbocycles. The number of thioether (sulfide) groups is 1. The second-order valence-electron chi connectivity index (χ2n) is 5.94. The first-order chi connectivity index (χ1) is 11.4. The van der Waals surface area contributed by atoms with Crippen molar-refractivity contribution >= 4 is 23.4 Å². The Bertz CT molecular complexity index is 699. The zero-order chi connectivity index (χ0) is 17.6. The molecule has 126 valence electrons. The molecular weight excluding hydrogens is 326 g/mol. The van der Waals surface area contributed by atoms with Gasteiger partial charge < -0.3 is 4.74 Å². The zero-order valence-corrected chi connectivity index (χ0v) is 14.4. The van der Waals surface area contributed by atoms with E-state index in [1.54, 1.807) is 11.8 Å². The van der Waals surface area contributed by atoms with Crippen LogP contribution in [0, 0.1) is 10.1 Å². The average Bonchev–Trinajstić information content (AvgIpc) is 2.54. The molecule has 0 amide bonds. The Morgan fingerprint density at radius 3 is 2.33 bits per heavy atom. The van der Waals surface area contributed by atoms with E-state index in [2.05, 4.69) is 12.1 Å². The normalized spacial score (nSPS) is 11.1. The van der Waals surface area contributed by atoms with Crippen molar-refractivity contribution in [3.8, 4) is 5.75 Å². The van der Waals surface area contributed by atoms with E-state index in [1.807, 2.05) is 32.0 Å². The van der Waals surface area contributed by atoms with Crippen molar-refractivity contribution in [3.63, 3.8) is 0 Å². The van der Waals surface area contributed by atoms with Gasteiger partial charge in [0.15, 0.2) is 0 Å². The highest BCUT2D eigenvalue weighted by Crippen LogP contribution is 2.31. The van der Waals surface area contributed by atoms with Crippen molar-refractivity contribution < 1.29 is 14.5 Å². The molecule has 2 rings (SSSR count). The number of carbonyl (C=O) groups is 1. The van der Waals surface area contributed by atoms with Crippen molar-refractivity contribution in [2.45, 2.75) is 30.8 Å². The molecular formula is C18H19NO4S. The molecule has 24 heavy (non-hydrogen) atoms. The Balaban J connectivity index is 1.86. The van der Waals surface area contributed by atoms with Crippen LogP contribution in [0.2, 0.25) is 0 Å². The molecule has 0 aliphatic carbocycles. The minimum Gasteiger partial charge on any atom is -0.426 e. The lowest BCUT2D eigenvalue weighted by atomic mass is 10.1. The lowest BCUT2D eigenvalue weighted by Gasteiger charge is -2.23. The number of hydrogen-bond acceptors (Lipinski definition) is 5. The molecule has 0 aromatic heterocycles. The molecule has 6 heteroatoms. The third kappa shape index (κ3) is 5.70. The van der Waals surface area contributed by atoms with Gasteiger partial charge in [0.25, 0.3) is 5.69 Å². The van der Waals surface area contributed by atoms with E-state index in [9.17, 15) is 14.9 Å². The molecule has 0 aliphatic rings. The van der Waals surface area contributed by atoms with Crippen LogP contribution in [0.1, 0.15) is 25.8 Å². The predicted octanol–water partition coefficient (Wildman–Crippen LogP) is 4.60. The molecule has 0 unspecified atom stereocenters. The summed E-state index contributed by atoms with van der Waals surface area (Å²) < 4.78 is 4.99. The fourth-order valence-corrected chi connectivity index (χ4v) is 3.02. The lowest BCUT2D eigenvalue weighted by Crippen LogP contribution is -2.23. The van der Waals surface area contributed by atoms with Crippen molar-refractivity contribution in [1.29, 1.82) is 0 Å². The van der Waals surface area contributed by atoms with E-state index in [0.29, 0.717) is 5.75 Å². The standard InChI is InChI=1S/C18H19NO4S/c1-18(2,24-13-14-6-4-3-5-7-14)12-17(20)23-16-10-8-15(9-11-16)19(21)22/h3-11H,12-13H2,1-2H3. The summed E-state index contributed by atoms with van der Waals surface area (Å²) in [5, 5.41) is 10.6. The minimum absolute atomic E-state index is 0.0338. The Hall–Kier alpha value is -2.34. The summed E-state index contributed by atoms with van der Waals surface area (Å²) in [4.78, 5) is 22.2. The van der Waals surface area contributed by atoms with E-state index < -0.39 is 4.92 Å². The van der Waals surface area contributed by atoms with Gasteiger partial charge in [-0.1, -0.05) is 44.2 Å². The van der Waals surface area contributed by atoms with E-state index in [0.717, 1.165) is 5.75 Å². The van der Waals surface area contributed by atoms with Gasteiger partial charge in [-0.3, -0.25) is 14.9 Å². The first-order valence-corrected chi connectivity index (χ1v) is 8.47. The van der Waals surface area contributed by atoms with E-state index in [-0.39, 0.29) is 22.8 Å². The third-order valence-electron chi connectivity index (χ3n) is 3.32. The highest BCUT2D eigenvalue weighted by Gasteiger charge is 2.24. The number of benzene rings is 2. The molecule has 0 spiro atoms. The summed E-state index contributed by atoms with van der Waals surface area (Å²) in [7, 11) is 0. The Kier molecular flexibility index (Phi) is 5.98. The molecule has 0 bridgehead atoms. The number of rotatable bonds is 7. The first kappa shape index (κ1) is 18.0. The van der Waals surface area contributed by atoms with E-state index >= 15 is 0 Å². The van der Waals surface area contributed by atoms with Crippen LogP contribution >= 0.6 is 11.8 Å². The van der Waals surface area contributed by atoms with Crippen molar-refractivity contribution in [3.05, 3.63) is 70.3 Å². The topological polar surface area (TPSA) is 69.4 Å². The monoisotopic (exact) mass is 345 g/mol. The number of hydrogen-bond donors (Lipinski definition) is 0. The average molecular weight is 345 g/mol. The summed E-state index contributed by atoms with van der Waals surface area (Å²) >= 11 is 1.69. The number of esters is 1. The Morgan fingerprint density at radius 2 is 1.75 bits per heavy atom. The Labute approximate surface area is 145 Å². The van der Waals surface area contributed by atoms with Gasteiger partial charge in [0.05, 0.1) is 11.3 Å². The van der Waals surface area contributed by atoms with Crippen LogP contribution in [0.15, 0.2) is 54.6 Å². The van der Waals surface area contributed by atoms with Crippen molar-refractivity contribution in [2.24, 2.45) is 0 Å². The van der Waals surface area contributed by atoms with E-state index in [4.69, 9.17) is 4.74 Å². The molecule has 2 aromatic rings. The molecule has 0 saturated heterocycles. The van der Waals surface area contributed by atoms with Gasteiger partial charge in [0.2, 0.25) is 0 Å². The van der Waals surface area contributed by atoms with Gasteiger partial charge in [-0.2, -0.15) is 11.8 Å². The SMILES string of the molecule is CC(C)(CC(=O)Oc1ccc([N+](=O)[O-])cc1)SCc1ccccc1. The smallest absolute Gasteiger partial charge is 0.312 e. The number of nitro groups is 1. The van der Waals surface area contributed by atoms with Crippen LogP contribution < -0.4 is 4.74 Å². The summed E-state index contributed by atoms with van der Waals surface area (Å²) in [6.45, 7) is 4.00. The van der Waals surface area contributed by atoms with Crippen molar-refractivity contribution in [2.75, 3.05) is 0 Å². The maximum absolute atomic E-state index is 12.1. The molecule has 0 aliphatic heterocycles. The van der Waals surface area contributed by atoms with Crippen molar-refractivity contribution in [1.82, 2.24) is 0 Å². The van der Waals surface area contributed by atoms with Crippen LogP contribution in [-0.4, -0.2) is 15.6 Å². The predicted molar refractivity (Wildman–Crippen MR) is 95.2 cm³/mol. The molecule has 0 heterocycles. The molecule has 5 nitrogen and oxygen atoms in total. The molecule has 0 fully saturated rings. The minimum atomic E-state index is -0.491. The quantitative estimate of drug-likeness (QED) is 0.317. The summed E-state index contributed by atoms with van der Waals surface area (Å²) in [6, 6.07) is 15.6. The highest BCUT2D eigenvalue weighted by molar-refractivity contribution is 7.99. The fraction of sp³-hybridized carbons (Fsp3) is 0.278. The van der Waals surface area contributed by atoms with Gasteiger partial charge in [-0.15, -0.1) is 0 Å². The summed E-state index contributed by atoms with van der Waals surface area (Å²) in [6.07, 6.45) is 0.251. The van der Waals surface area contributed by atoms with Crippen LogP contribution in [0.5, 0.6) is 5.75 Å². The van der Waals surface area contributed by atoms with Crippen LogP contribution in [0.3, 0.4) is 0 Å². The molecule has 0 radical (unpaired) electrons. The molecule has 0 atom stereocenters. The number of ether oxygens (including phenoxy) is 1. The zero-order valence-electron chi connectivity index (χ0n) is 13.6. The van der Waals surface area contributed by atoms with Crippen LogP contribution in [-0.2, 0) is 10.5 Å². The number of nitrogens with zero attached hydrogens (tertiary/aromatic N) is 1. The molecule has 0 saturated carbocycles. The van der Waals surface area contributed by atoms with Crippen LogP contribution in [0.4, 0.5) is 5.69 Å². The highest BCUT2D eigenvalue weighted by atomic mass is 32.2. The van der Waals surface area contributed by atoms with Gasteiger partial charge in [0.1, 0.15) is 5.75 Å². The van der Waals surface area contributed by atoms with Gasteiger partial charge >= 0.3 is 5.97 Å². The summed E-state index contributed by atoms with van der Waals surface area (Å²) in [5.74, 6) is 0.780. The van der Waals surface area contributed by atoms with Gasteiger partial charge in [-0.25, -0.2) is 0 Å². The number of non-ortho nitro benzene ring substituents is 1. The second-order valence-corrected chi connectivity index (χ2v) is 7.62. The van der Waals surface area contributed by atoms with Gasteiger partial charge in [-0.05, 0) is 17.7 Å². The maximum Gasteiger partial charge on any atom is 0.312 e. The molecule has 0 N–H and O–H groups in total. The maximum atomic E-state index is 12.1. The first-order valence-electron chi connectivity index (χ1n) is 7.49. The summed E-state index contributed by atoms with van der Waals surface area (Å²) in [5.41, 5.74) is 1.17. The number of carbonyl (C=O) groups excluding carboxylic acids is 1. The third-order valence-corrected chi connectivity index (χ3v) is 4.73.